The maximum Gasteiger partial charge on any atom is 0.417 e. The monoisotopic (exact) mass is 473 g/mol. The first kappa shape index (κ1) is 28.4. The number of hydrogen-bond donors (Lipinski definition) is 1. The van der Waals surface area contributed by atoms with Crippen LogP contribution in [0.3, 0.4) is 0 Å². The minimum atomic E-state index is -0.742. The first-order valence-electron chi connectivity index (χ1n) is 13.6. The summed E-state index contributed by atoms with van der Waals surface area (Å²) < 4.78 is 5.49. The molecule has 4 atom stereocenters. The minimum Gasteiger partial charge on any atom is -0.439 e. The molecule has 1 heterocycles. The van der Waals surface area contributed by atoms with Crippen molar-refractivity contribution in [1.29, 1.82) is 0 Å². The number of ether oxygens (including phenoxy) is 1. The summed E-state index contributed by atoms with van der Waals surface area (Å²) in [6, 6.07) is 9.09. The van der Waals surface area contributed by atoms with Gasteiger partial charge in [0.1, 0.15) is 6.10 Å². The average Bonchev–Trinajstić information content (AvgIpc) is 3.12. The molecule has 1 aromatic rings. The van der Waals surface area contributed by atoms with Crippen LogP contribution in [0.15, 0.2) is 30.3 Å². The molecule has 1 aliphatic heterocycles. The molecule has 1 saturated heterocycles. The Morgan fingerprint density at radius 2 is 1.38 bits per heavy atom. The number of nitrogens with zero attached hydrogens (tertiary/aromatic N) is 1. The van der Waals surface area contributed by atoms with Gasteiger partial charge in [-0.3, -0.25) is 4.79 Å². The standard InChI is InChI=1S/C29H47NO4/c1-22(2)18-14-11-9-7-5-6-8-10-12-17-21-26(31)23(3)28(32)30-24(4)27(34-29(30)33)25-19-15-13-16-20-25/h13,15-16,19-20,22-24,26-27,31H,5-12,14,17-18,21H2,1-4H3/t23-,24-,26+,27-/m1/s1. The second-order valence-electron chi connectivity index (χ2n) is 10.5. The first-order chi connectivity index (χ1) is 16.3. The van der Waals surface area contributed by atoms with Crippen LogP contribution in [-0.2, 0) is 9.53 Å². The Kier molecular flexibility index (Phi) is 12.7. The molecule has 0 aromatic heterocycles. The van der Waals surface area contributed by atoms with Gasteiger partial charge in [-0.15, -0.1) is 0 Å². The van der Waals surface area contributed by atoms with Gasteiger partial charge in [-0.25, -0.2) is 9.69 Å². The number of carbonyl (C=O) groups excluding carboxylic acids is 2. The van der Waals surface area contributed by atoms with Crippen molar-refractivity contribution in [2.75, 3.05) is 0 Å². The highest BCUT2D eigenvalue weighted by molar-refractivity contribution is 5.95. The topological polar surface area (TPSA) is 66.8 Å². The van der Waals surface area contributed by atoms with Crippen LogP contribution in [-0.4, -0.2) is 34.2 Å². The van der Waals surface area contributed by atoms with Crippen LogP contribution < -0.4 is 0 Å². The van der Waals surface area contributed by atoms with Gasteiger partial charge >= 0.3 is 6.09 Å². The molecule has 0 radical (unpaired) electrons. The Bertz CT molecular complexity index is 720. The van der Waals surface area contributed by atoms with Crippen LogP contribution in [0.4, 0.5) is 4.79 Å². The van der Waals surface area contributed by atoms with Crippen molar-refractivity contribution in [1.82, 2.24) is 4.90 Å². The van der Waals surface area contributed by atoms with Crippen molar-refractivity contribution in [3.05, 3.63) is 35.9 Å². The van der Waals surface area contributed by atoms with Gasteiger partial charge in [0.2, 0.25) is 5.91 Å². The third kappa shape index (κ3) is 9.05. The quantitative estimate of drug-likeness (QED) is 0.254. The number of amides is 2. The van der Waals surface area contributed by atoms with Crippen LogP contribution in [0.2, 0.25) is 0 Å². The molecule has 0 unspecified atom stereocenters. The molecule has 5 nitrogen and oxygen atoms in total. The Hall–Kier alpha value is -1.88. The van der Waals surface area contributed by atoms with Crippen molar-refractivity contribution in [3.8, 4) is 0 Å². The molecule has 0 spiro atoms. The summed E-state index contributed by atoms with van der Waals surface area (Å²) in [7, 11) is 0. The second-order valence-corrected chi connectivity index (χ2v) is 10.5. The van der Waals surface area contributed by atoms with E-state index in [4.69, 9.17) is 4.74 Å². The van der Waals surface area contributed by atoms with Crippen LogP contribution in [0, 0.1) is 11.8 Å². The van der Waals surface area contributed by atoms with Gasteiger partial charge < -0.3 is 9.84 Å². The number of imide groups is 1. The van der Waals surface area contributed by atoms with E-state index in [1.54, 1.807) is 6.92 Å². The summed E-state index contributed by atoms with van der Waals surface area (Å²) in [6.07, 6.45) is 12.6. The summed E-state index contributed by atoms with van der Waals surface area (Å²) in [5, 5.41) is 10.6. The smallest absolute Gasteiger partial charge is 0.417 e. The van der Waals surface area contributed by atoms with Gasteiger partial charge in [0.25, 0.3) is 0 Å². The zero-order valence-corrected chi connectivity index (χ0v) is 21.9. The third-order valence-corrected chi connectivity index (χ3v) is 7.13. The number of aliphatic hydroxyl groups is 1. The predicted molar refractivity (Wildman–Crippen MR) is 137 cm³/mol. The zero-order chi connectivity index (χ0) is 24.9. The van der Waals surface area contributed by atoms with E-state index in [2.05, 4.69) is 13.8 Å². The molecule has 1 N–H and O–H groups in total. The summed E-state index contributed by atoms with van der Waals surface area (Å²) >= 11 is 0. The molecule has 1 fully saturated rings. The number of unbranched alkanes of at least 4 members (excludes halogenated alkanes) is 9. The fraction of sp³-hybridized carbons (Fsp3) is 0.724. The summed E-state index contributed by atoms with van der Waals surface area (Å²) in [6.45, 7) is 8.13. The maximum absolute atomic E-state index is 13.0. The lowest BCUT2D eigenvalue weighted by molar-refractivity contribution is -0.136. The second kappa shape index (κ2) is 15.2. The molecule has 1 aromatic carbocycles. The van der Waals surface area contributed by atoms with Gasteiger partial charge in [0.05, 0.1) is 18.1 Å². The van der Waals surface area contributed by atoms with Crippen LogP contribution >= 0.6 is 0 Å². The van der Waals surface area contributed by atoms with Gasteiger partial charge in [0, 0.05) is 0 Å². The normalized spacial score (nSPS) is 19.9. The van der Waals surface area contributed by atoms with E-state index in [-0.39, 0.29) is 5.91 Å². The molecule has 2 amide bonds. The molecular weight excluding hydrogens is 426 g/mol. The van der Waals surface area contributed by atoms with Crippen molar-refractivity contribution in [2.24, 2.45) is 11.8 Å². The molecule has 0 saturated carbocycles. The molecule has 5 heteroatoms. The Morgan fingerprint density at radius 3 is 1.91 bits per heavy atom. The third-order valence-electron chi connectivity index (χ3n) is 7.13. The molecule has 0 aliphatic carbocycles. The number of hydrogen-bond acceptors (Lipinski definition) is 4. The highest BCUT2D eigenvalue weighted by atomic mass is 16.6. The highest BCUT2D eigenvalue weighted by Crippen LogP contribution is 2.33. The van der Waals surface area contributed by atoms with E-state index < -0.39 is 30.3 Å². The number of aliphatic hydroxyl groups excluding tert-OH is 1. The van der Waals surface area contributed by atoms with E-state index >= 15 is 0 Å². The van der Waals surface area contributed by atoms with E-state index in [1.807, 2.05) is 37.3 Å². The summed E-state index contributed by atoms with van der Waals surface area (Å²) in [5.41, 5.74) is 0.873. The SMILES string of the molecule is CC(C)CCCCCCCCCCCC[C@H](O)[C@@H](C)C(=O)N1C(=O)O[C@@H](c2ccccc2)[C@H]1C. The fourth-order valence-electron chi connectivity index (χ4n) is 4.80. The highest BCUT2D eigenvalue weighted by Gasteiger charge is 2.45. The lowest BCUT2D eigenvalue weighted by Crippen LogP contribution is -2.44. The van der Waals surface area contributed by atoms with Gasteiger partial charge in [0.15, 0.2) is 0 Å². The van der Waals surface area contributed by atoms with E-state index in [0.29, 0.717) is 6.42 Å². The molecule has 2 rings (SSSR count). The maximum atomic E-state index is 13.0. The predicted octanol–water partition coefficient (Wildman–Crippen LogP) is 7.43. The summed E-state index contributed by atoms with van der Waals surface area (Å²) in [4.78, 5) is 26.6. The van der Waals surface area contributed by atoms with Crippen molar-refractivity contribution in [2.45, 2.75) is 123 Å². The Labute approximate surface area is 207 Å². The lowest BCUT2D eigenvalue weighted by atomic mass is 9.96. The van der Waals surface area contributed by atoms with Crippen molar-refractivity contribution < 1.29 is 19.4 Å². The summed E-state index contributed by atoms with van der Waals surface area (Å²) in [5.74, 6) is -0.149. The van der Waals surface area contributed by atoms with Gasteiger partial charge in [-0.1, -0.05) is 122 Å². The van der Waals surface area contributed by atoms with E-state index in [0.717, 1.165) is 24.3 Å². The number of rotatable bonds is 16. The minimum absolute atomic E-state index is 0.350. The average molecular weight is 474 g/mol. The zero-order valence-electron chi connectivity index (χ0n) is 21.9. The van der Waals surface area contributed by atoms with Crippen molar-refractivity contribution in [3.63, 3.8) is 0 Å². The molecule has 192 valence electrons. The Balaban J connectivity index is 1.60. The molecule has 34 heavy (non-hydrogen) atoms. The van der Waals surface area contributed by atoms with Crippen LogP contribution in [0.5, 0.6) is 0 Å². The fourth-order valence-corrected chi connectivity index (χ4v) is 4.80. The number of cyclic esters (lactones) is 1. The van der Waals surface area contributed by atoms with Gasteiger partial charge in [-0.05, 0) is 24.8 Å². The van der Waals surface area contributed by atoms with Crippen LogP contribution in [0.25, 0.3) is 0 Å². The molecule has 1 aliphatic rings. The number of benzene rings is 1. The van der Waals surface area contributed by atoms with E-state index in [9.17, 15) is 14.7 Å². The first-order valence-corrected chi connectivity index (χ1v) is 13.6. The molecular formula is C29H47NO4. The van der Waals surface area contributed by atoms with Crippen molar-refractivity contribution >= 4 is 12.0 Å². The van der Waals surface area contributed by atoms with E-state index in [1.165, 1.54) is 62.7 Å². The number of carbonyl (C=O) groups is 2. The largest absolute Gasteiger partial charge is 0.439 e. The molecule has 0 bridgehead atoms. The Morgan fingerprint density at radius 1 is 0.882 bits per heavy atom. The van der Waals surface area contributed by atoms with Crippen LogP contribution in [0.1, 0.15) is 116 Å². The lowest BCUT2D eigenvalue weighted by Gasteiger charge is -2.25. The van der Waals surface area contributed by atoms with Gasteiger partial charge in [-0.2, -0.15) is 0 Å².